The number of esters is 4. The Hall–Kier alpha value is -2.72. The number of fused-ring (bicyclic) bond motifs is 3. The van der Waals surface area contributed by atoms with Gasteiger partial charge in [0, 0.05) is 32.3 Å². The lowest BCUT2D eigenvalue weighted by Crippen LogP contribution is -2.37. The summed E-state index contributed by atoms with van der Waals surface area (Å²) in [5.41, 5.74) is -0.431. The molecular formula is C23H28O10. The van der Waals surface area contributed by atoms with Gasteiger partial charge in [-0.1, -0.05) is 5.57 Å². The van der Waals surface area contributed by atoms with Crippen LogP contribution in [0.15, 0.2) is 22.8 Å². The summed E-state index contributed by atoms with van der Waals surface area (Å²) in [5, 5.41) is 0. The Morgan fingerprint density at radius 1 is 1.15 bits per heavy atom. The summed E-state index contributed by atoms with van der Waals surface area (Å²) >= 11 is 0. The first-order chi connectivity index (χ1) is 15.4. The van der Waals surface area contributed by atoms with E-state index in [4.69, 9.17) is 28.4 Å². The summed E-state index contributed by atoms with van der Waals surface area (Å²) in [7, 11) is 0. The van der Waals surface area contributed by atoms with Gasteiger partial charge in [0.25, 0.3) is 0 Å². The van der Waals surface area contributed by atoms with E-state index in [9.17, 15) is 19.2 Å². The molecule has 33 heavy (non-hydrogen) atoms. The highest BCUT2D eigenvalue weighted by Gasteiger charge is 2.63. The van der Waals surface area contributed by atoms with Crippen molar-refractivity contribution in [2.45, 2.75) is 83.1 Å². The van der Waals surface area contributed by atoms with E-state index in [1.54, 1.807) is 13.0 Å². The second-order valence-electron chi connectivity index (χ2n) is 9.37. The van der Waals surface area contributed by atoms with Crippen LogP contribution in [0.4, 0.5) is 0 Å². The predicted molar refractivity (Wildman–Crippen MR) is 110 cm³/mol. The molecule has 3 aliphatic heterocycles. The van der Waals surface area contributed by atoms with E-state index in [2.05, 4.69) is 0 Å². The summed E-state index contributed by atoms with van der Waals surface area (Å²) < 4.78 is 33.2. The van der Waals surface area contributed by atoms with Crippen molar-refractivity contribution >= 4 is 23.9 Å². The molecule has 0 radical (unpaired) electrons. The normalized spacial score (nSPS) is 38.7. The molecule has 4 aliphatic rings. The van der Waals surface area contributed by atoms with Gasteiger partial charge in [-0.25, -0.2) is 9.59 Å². The van der Waals surface area contributed by atoms with Crippen molar-refractivity contribution in [3.05, 3.63) is 22.8 Å². The lowest BCUT2D eigenvalue weighted by atomic mass is 9.86. The summed E-state index contributed by atoms with van der Waals surface area (Å²) in [6, 6.07) is 0. The van der Waals surface area contributed by atoms with Crippen molar-refractivity contribution in [3.63, 3.8) is 0 Å². The van der Waals surface area contributed by atoms with E-state index in [0.29, 0.717) is 12.0 Å². The highest BCUT2D eigenvalue weighted by Crippen LogP contribution is 2.49. The maximum Gasteiger partial charge on any atom is 0.341 e. The van der Waals surface area contributed by atoms with Gasteiger partial charge in [0.15, 0.2) is 11.7 Å². The number of carbonyl (C=O) groups is 4. The van der Waals surface area contributed by atoms with Gasteiger partial charge in [-0.3, -0.25) is 9.59 Å². The van der Waals surface area contributed by atoms with Crippen LogP contribution in [0.3, 0.4) is 0 Å². The molecule has 0 spiro atoms. The van der Waals surface area contributed by atoms with Gasteiger partial charge in [0.1, 0.15) is 30.5 Å². The molecule has 3 heterocycles. The number of hydrogen-bond donors (Lipinski definition) is 0. The minimum atomic E-state index is -1.03. The smallest absolute Gasteiger partial charge is 0.341 e. The third-order valence-electron chi connectivity index (χ3n) is 6.28. The molecule has 0 unspecified atom stereocenters. The van der Waals surface area contributed by atoms with Crippen LogP contribution >= 0.6 is 0 Å². The van der Waals surface area contributed by atoms with Crippen molar-refractivity contribution in [2.75, 3.05) is 13.2 Å². The largest absolute Gasteiger partial charge is 0.461 e. The molecule has 0 aromatic heterocycles. The third kappa shape index (κ3) is 4.81. The first-order valence-corrected chi connectivity index (χ1v) is 10.9. The van der Waals surface area contributed by atoms with Gasteiger partial charge >= 0.3 is 23.9 Å². The minimum Gasteiger partial charge on any atom is -0.461 e. The van der Waals surface area contributed by atoms with E-state index in [1.807, 2.05) is 13.8 Å². The van der Waals surface area contributed by atoms with E-state index < -0.39 is 59.5 Å². The molecular weight excluding hydrogens is 436 g/mol. The molecule has 0 aromatic rings. The monoisotopic (exact) mass is 464 g/mol. The van der Waals surface area contributed by atoms with Crippen molar-refractivity contribution in [1.29, 1.82) is 0 Å². The summed E-state index contributed by atoms with van der Waals surface area (Å²) in [6.07, 6.45) is -0.428. The van der Waals surface area contributed by atoms with Crippen molar-refractivity contribution in [2.24, 2.45) is 0 Å². The highest BCUT2D eigenvalue weighted by atomic mass is 16.7. The SMILES string of the molecule is CC(=O)OCC1=C2[C@@H](OC(=O)[C@]3(C)CO3)C/C(C)=C/[C@@H](OC(C)=O)C[C@@]3(C)O[C@@H]3[C@H]2OC1=O. The minimum absolute atomic E-state index is 0.137. The van der Waals surface area contributed by atoms with Gasteiger partial charge in [-0.15, -0.1) is 0 Å². The Kier molecular flexibility index (Phi) is 5.86. The van der Waals surface area contributed by atoms with Crippen LogP contribution in [-0.4, -0.2) is 72.7 Å². The van der Waals surface area contributed by atoms with Crippen LogP contribution in [0.25, 0.3) is 0 Å². The fourth-order valence-corrected chi connectivity index (χ4v) is 4.38. The lowest BCUT2D eigenvalue weighted by molar-refractivity contribution is -0.153. The van der Waals surface area contributed by atoms with Gasteiger partial charge < -0.3 is 28.4 Å². The Balaban J connectivity index is 1.74. The number of hydrogen-bond acceptors (Lipinski definition) is 10. The first-order valence-electron chi connectivity index (χ1n) is 10.9. The second kappa shape index (κ2) is 8.25. The molecule has 1 aliphatic carbocycles. The summed E-state index contributed by atoms with van der Waals surface area (Å²) in [5.74, 6) is -2.20. The van der Waals surface area contributed by atoms with Gasteiger partial charge in [-0.2, -0.15) is 0 Å². The molecule has 6 atom stereocenters. The van der Waals surface area contributed by atoms with Gasteiger partial charge in [0.05, 0.1) is 12.2 Å². The number of carbonyl (C=O) groups excluding carboxylic acids is 4. The Morgan fingerprint density at radius 3 is 2.45 bits per heavy atom. The molecule has 4 rings (SSSR count). The van der Waals surface area contributed by atoms with Crippen molar-refractivity contribution < 1.29 is 47.6 Å². The molecule has 0 N–H and O–H groups in total. The summed E-state index contributed by atoms with van der Waals surface area (Å²) in [4.78, 5) is 48.6. The van der Waals surface area contributed by atoms with E-state index in [1.165, 1.54) is 13.8 Å². The van der Waals surface area contributed by atoms with E-state index in [-0.39, 0.29) is 25.2 Å². The second-order valence-corrected chi connectivity index (χ2v) is 9.37. The van der Waals surface area contributed by atoms with Gasteiger partial charge in [-0.05, 0) is 26.8 Å². The van der Waals surface area contributed by atoms with Gasteiger partial charge in [0.2, 0.25) is 0 Å². The van der Waals surface area contributed by atoms with Crippen LogP contribution in [-0.2, 0) is 47.6 Å². The maximum atomic E-state index is 12.8. The summed E-state index contributed by atoms with van der Waals surface area (Å²) in [6.45, 7) is 7.79. The van der Waals surface area contributed by atoms with Crippen LogP contribution in [0.1, 0.15) is 47.5 Å². The van der Waals surface area contributed by atoms with Crippen LogP contribution in [0.2, 0.25) is 0 Å². The lowest BCUT2D eigenvalue weighted by Gasteiger charge is -2.27. The van der Waals surface area contributed by atoms with E-state index in [0.717, 1.165) is 5.57 Å². The zero-order chi connectivity index (χ0) is 24.1. The van der Waals surface area contributed by atoms with E-state index >= 15 is 0 Å². The number of epoxide rings is 2. The zero-order valence-corrected chi connectivity index (χ0v) is 19.3. The first kappa shape index (κ1) is 23.4. The molecule has 180 valence electrons. The van der Waals surface area contributed by atoms with Crippen LogP contribution < -0.4 is 0 Å². The molecule has 0 bridgehead atoms. The average molecular weight is 464 g/mol. The Labute approximate surface area is 191 Å². The maximum absolute atomic E-state index is 12.8. The molecule has 2 fully saturated rings. The molecule has 10 nitrogen and oxygen atoms in total. The quantitative estimate of drug-likeness (QED) is 0.254. The Morgan fingerprint density at radius 2 is 1.85 bits per heavy atom. The van der Waals surface area contributed by atoms with Crippen LogP contribution in [0, 0.1) is 0 Å². The standard InChI is InChI=1S/C23H28O10/c1-11-6-14(30-13(3)25)8-22(4)19(33-22)18-17(15(20(26)32-18)9-28-12(2)24)16(7-11)31-21(27)23(5)10-29-23/h6,14,16,18-19H,7-10H2,1-5H3/b11-6+/t14-,16+,18+,19-,22-,23+/m1/s1. The number of rotatable bonds is 5. The Bertz CT molecular complexity index is 958. The van der Waals surface area contributed by atoms with Crippen molar-refractivity contribution in [1.82, 2.24) is 0 Å². The highest BCUT2D eigenvalue weighted by molar-refractivity contribution is 5.94. The molecule has 0 amide bonds. The van der Waals surface area contributed by atoms with Crippen LogP contribution in [0.5, 0.6) is 0 Å². The number of ether oxygens (including phenoxy) is 6. The average Bonchev–Trinajstić information content (AvgIpc) is 3.56. The molecule has 0 aromatic carbocycles. The topological polar surface area (TPSA) is 130 Å². The zero-order valence-electron chi connectivity index (χ0n) is 19.3. The predicted octanol–water partition coefficient (Wildman–Crippen LogP) is 1.30. The third-order valence-corrected chi connectivity index (χ3v) is 6.28. The molecule has 10 heteroatoms. The fraction of sp³-hybridized carbons (Fsp3) is 0.652. The van der Waals surface area contributed by atoms with Crippen molar-refractivity contribution in [3.8, 4) is 0 Å². The fourth-order valence-electron chi connectivity index (χ4n) is 4.38. The molecule has 0 saturated carbocycles. The molecule has 2 saturated heterocycles.